The molecule has 34 heavy (non-hydrogen) atoms. The first-order chi connectivity index (χ1) is 15.8. The van der Waals surface area contributed by atoms with Crippen molar-refractivity contribution in [2.24, 2.45) is 0 Å². The molecule has 3 aromatic rings. The molecule has 0 aliphatic carbocycles. The predicted molar refractivity (Wildman–Crippen MR) is 115 cm³/mol. The molecule has 0 aliphatic heterocycles. The van der Waals surface area contributed by atoms with Crippen molar-refractivity contribution in [1.82, 2.24) is 4.98 Å². The van der Waals surface area contributed by atoms with Crippen LogP contribution in [0.3, 0.4) is 0 Å². The van der Waals surface area contributed by atoms with Gasteiger partial charge in [-0.25, -0.2) is 22.2 Å². The number of aryl methyl sites for hydroxylation is 1. The molecule has 1 aromatic heterocycles. The summed E-state index contributed by atoms with van der Waals surface area (Å²) in [5, 5.41) is 0. The molecule has 2 aromatic carbocycles. The molecule has 1 heterocycles. The average molecular weight is 502 g/mol. The maximum atomic E-state index is 14.2. The van der Waals surface area contributed by atoms with Crippen LogP contribution < -0.4 is 14.2 Å². The molecule has 0 atom stereocenters. The Morgan fingerprint density at radius 1 is 1.00 bits per heavy atom. The Labute approximate surface area is 192 Å². The highest BCUT2D eigenvalue weighted by Crippen LogP contribution is 2.38. The topological polar surface area (TPSA) is 77.5 Å². The summed E-state index contributed by atoms with van der Waals surface area (Å²) in [5.74, 6) is -2.62. The first-order valence-electron chi connectivity index (χ1n) is 9.81. The van der Waals surface area contributed by atoms with E-state index in [9.17, 15) is 30.4 Å². The number of nitrogens with one attached hydrogen (secondary N) is 1. The van der Waals surface area contributed by atoms with Crippen molar-refractivity contribution < 1.29 is 39.8 Å². The molecule has 182 valence electrons. The van der Waals surface area contributed by atoms with Crippen molar-refractivity contribution in [2.45, 2.75) is 20.0 Å². The van der Waals surface area contributed by atoms with Crippen LogP contribution in [0.25, 0.3) is 11.1 Å². The van der Waals surface area contributed by atoms with Gasteiger partial charge in [0.1, 0.15) is 11.6 Å². The van der Waals surface area contributed by atoms with E-state index in [0.29, 0.717) is 11.8 Å². The van der Waals surface area contributed by atoms with Crippen LogP contribution in [0.5, 0.6) is 17.4 Å². The number of nitrogens with zero attached hydrogens (tertiary/aromatic N) is 1. The number of aromatic nitrogens is 1. The molecule has 0 unspecified atom stereocenters. The highest BCUT2D eigenvalue weighted by molar-refractivity contribution is 7.92. The summed E-state index contributed by atoms with van der Waals surface area (Å²) in [6.07, 6.45) is -4.59. The molecule has 0 spiro atoms. The third-order valence-electron chi connectivity index (χ3n) is 4.37. The Hall–Kier alpha value is -3.41. The van der Waals surface area contributed by atoms with Gasteiger partial charge in [-0.05, 0) is 55.8 Å². The molecular weight excluding hydrogens is 483 g/mol. The van der Waals surface area contributed by atoms with Gasteiger partial charge in [0, 0.05) is 29.1 Å². The van der Waals surface area contributed by atoms with Crippen LogP contribution in [0.4, 0.5) is 27.6 Å². The number of halogens is 5. The first-order valence-corrected chi connectivity index (χ1v) is 11.5. The fraction of sp³-hybridized carbons (Fsp3) is 0.227. The van der Waals surface area contributed by atoms with E-state index in [4.69, 9.17) is 9.47 Å². The molecule has 0 aliphatic rings. The van der Waals surface area contributed by atoms with Gasteiger partial charge < -0.3 is 9.47 Å². The van der Waals surface area contributed by atoms with E-state index >= 15 is 0 Å². The summed E-state index contributed by atoms with van der Waals surface area (Å²) in [7, 11) is -3.65. The lowest BCUT2D eigenvalue weighted by Gasteiger charge is -2.16. The van der Waals surface area contributed by atoms with Crippen molar-refractivity contribution in [3.63, 3.8) is 0 Å². The second-order valence-corrected chi connectivity index (χ2v) is 9.14. The summed E-state index contributed by atoms with van der Waals surface area (Å²) in [4.78, 5) is 3.92. The molecule has 0 saturated carbocycles. The van der Waals surface area contributed by atoms with E-state index in [1.54, 1.807) is 0 Å². The fourth-order valence-electron chi connectivity index (χ4n) is 2.86. The standard InChI is InChI=1S/C22H19F5N2O4S/c1-3-34(30,31)29-16-5-7-19(33-20-6-4-15(23)10-18(20)24)17(11-16)14-8-13(2)28-21(9-14)32-12-22(25,26)27/h4-11,29H,3,12H2,1-2H3. The van der Waals surface area contributed by atoms with Gasteiger partial charge in [-0.1, -0.05) is 0 Å². The van der Waals surface area contributed by atoms with Gasteiger partial charge in [0.25, 0.3) is 0 Å². The maximum absolute atomic E-state index is 14.2. The smallest absolute Gasteiger partial charge is 0.422 e. The minimum atomic E-state index is -4.59. The van der Waals surface area contributed by atoms with Crippen molar-refractivity contribution in [3.05, 3.63) is 65.9 Å². The molecule has 0 fully saturated rings. The lowest BCUT2D eigenvalue weighted by Crippen LogP contribution is -2.19. The zero-order valence-electron chi connectivity index (χ0n) is 17.9. The molecule has 0 radical (unpaired) electrons. The number of anilines is 1. The first kappa shape index (κ1) is 25.2. The van der Waals surface area contributed by atoms with Crippen molar-refractivity contribution in [2.75, 3.05) is 17.1 Å². The third-order valence-corrected chi connectivity index (χ3v) is 5.68. The minimum Gasteiger partial charge on any atom is -0.468 e. The van der Waals surface area contributed by atoms with E-state index < -0.39 is 34.4 Å². The predicted octanol–water partition coefficient (Wildman–Crippen LogP) is 5.83. The highest BCUT2D eigenvalue weighted by Gasteiger charge is 2.29. The van der Waals surface area contributed by atoms with Crippen molar-refractivity contribution >= 4 is 15.7 Å². The van der Waals surface area contributed by atoms with Crippen LogP contribution in [0.1, 0.15) is 12.6 Å². The second-order valence-electron chi connectivity index (χ2n) is 7.13. The van der Waals surface area contributed by atoms with E-state index in [2.05, 4.69) is 9.71 Å². The number of sulfonamides is 1. The van der Waals surface area contributed by atoms with Gasteiger partial charge >= 0.3 is 6.18 Å². The van der Waals surface area contributed by atoms with Gasteiger partial charge in [0.2, 0.25) is 15.9 Å². The zero-order chi connectivity index (χ0) is 25.1. The number of rotatable bonds is 8. The summed E-state index contributed by atoms with van der Waals surface area (Å²) < 4.78 is 102. The minimum absolute atomic E-state index is 0.0253. The monoisotopic (exact) mass is 502 g/mol. The Balaban J connectivity index is 2.09. The Morgan fingerprint density at radius 3 is 2.35 bits per heavy atom. The zero-order valence-corrected chi connectivity index (χ0v) is 18.7. The molecule has 12 heteroatoms. The normalized spacial score (nSPS) is 11.9. The van der Waals surface area contributed by atoms with Gasteiger partial charge in [0.15, 0.2) is 18.2 Å². The number of alkyl halides is 3. The number of ether oxygens (including phenoxy) is 2. The molecule has 3 rings (SSSR count). The van der Waals surface area contributed by atoms with Gasteiger partial charge in [-0.2, -0.15) is 13.2 Å². The lowest BCUT2D eigenvalue weighted by atomic mass is 10.0. The SMILES string of the molecule is CCS(=O)(=O)Nc1ccc(Oc2ccc(F)cc2F)c(-c2cc(C)nc(OCC(F)(F)F)c2)c1. The van der Waals surface area contributed by atoms with E-state index in [-0.39, 0.29) is 39.9 Å². The summed E-state index contributed by atoms with van der Waals surface area (Å²) in [5.41, 5.74) is 0.895. The Kier molecular flexibility index (Phi) is 7.29. The van der Waals surface area contributed by atoms with E-state index in [0.717, 1.165) is 12.1 Å². The number of hydrogen-bond acceptors (Lipinski definition) is 5. The summed E-state index contributed by atoms with van der Waals surface area (Å²) in [6, 6.07) is 9.46. The van der Waals surface area contributed by atoms with Crippen LogP contribution in [-0.2, 0) is 10.0 Å². The fourth-order valence-corrected chi connectivity index (χ4v) is 3.49. The number of hydrogen-bond donors (Lipinski definition) is 1. The quantitative estimate of drug-likeness (QED) is 0.392. The van der Waals surface area contributed by atoms with Crippen molar-refractivity contribution in [1.29, 1.82) is 0 Å². The molecular formula is C22H19F5N2O4S. The van der Waals surface area contributed by atoms with E-state index in [1.165, 1.54) is 44.2 Å². The second kappa shape index (κ2) is 9.84. The van der Waals surface area contributed by atoms with Crippen molar-refractivity contribution in [3.8, 4) is 28.5 Å². The van der Waals surface area contributed by atoms with Gasteiger partial charge in [-0.3, -0.25) is 4.72 Å². The number of pyridine rings is 1. The van der Waals surface area contributed by atoms with E-state index in [1.807, 2.05) is 0 Å². The molecule has 0 bridgehead atoms. The third kappa shape index (κ3) is 6.80. The lowest BCUT2D eigenvalue weighted by molar-refractivity contribution is -0.154. The van der Waals surface area contributed by atoms with Crippen LogP contribution in [0, 0.1) is 18.6 Å². The highest BCUT2D eigenvalue weighted by atomic mass is 32.2. The molecule has 0 amide bonds. The summed E-state index contributed by atoms with van der Waals surface area (Å²) in [6.45, 7) is 1.39. The maximum Gasteiger partial charge on any atom is 0.422 e. The largest absolute Gasteiger partial charge is 0.468 e. The van der Waals surface area contributed by atoms with Crippen LogP contribution in [-0.4, -0.2) is 31.9 Å². The molecule has 1 N–H and O–H groups in total. The summed E-state index contributed by atoms with van der Waals surface area (Å²) >= 11 is 0. The Morgan fingerprint density at radius 2 is 1.71 bits per heavy atom. The van der Waals surface area contributed by atoms with Crippen LogP contribution in [0.2, 0.25) is 0 Å². The van der Waals surface area contributed by atoms with Gasteiger partial charge in [0.05, 0.1) is 5.75 Å². The van der Waals surface area contributed by atoms with Crippen LogP contribution >= 0.6 is 0 Å². The average Bonchev–Trinajstić information content (AvgIpc) is 2.74. The molecule has 6 nitrogen and oxygen atoms in total. The molecule has 0 saturated heterocycles. The van der Waals surface area contributed by atoms with Gasteiger partial charge in [-0.15, -0.1) is 0 Å². The number of benzene rings is 2. The van der Waals surface area contributed by atoms with Crippen LogP contribution in [0.15, 0.2) is 48.5 Å². The Bertz CT molecular complexity index is 1300.